The first-order valence-corrected chi connectivity index (χ1v) is 7.87. The number of piperazine rings is 1. The number of rotatable bonds is 5. The molecule has 0 aromatic heterocycles. The van der Waals surface area contributed by atoms with Gasteiger partial charge in [0.25, 0.3) is 0 Å². The summed E-state index contributed by atoms with van der Waals surface area (Å²) in [5, 5.41) is 13.6. The summed E-state index contributed by atoms with van der Waals surface area (Å²) in [5.41, 5.74) is 0.525. The highest BCUT2D eigenvalue weighted by atomic mass is 15.3. The van der Waals surface area contributed by atoms with Crippen LogP contribution in [0.3, 0.4) is 0 Å². The lowest BCUT2D eigenvalue weighted by Gasteiger charge is -2.38. The molecule has 1 aromatic carbocycles. The molecule has 3 rings (SSSR count). The van der Waals surface area contributed by atoms with Gasteiger partial charge in [-0.1, -0.05) is 30.3 Å². The molecule has 0 radical (unpaired) electrons. The standard InChI is InChI=1S/C17H24N4/c1-20-9-11-21(12-10-20)14-17(13-18,19-16-7-8-16)15-5-3-2-4-6-15/h2-6,16,19H,7-12,14H2,1H3. The molecule has 1 atom stereocenters. The molecular weight excluding hydrogens is 260 g/mol. The van der Waals surface area contributed by atoms with Gasteiger partial charge in [0.2, 0.25) is 0 Å². The zero-order valence-electron chi connectivity index (χ0n) is 12.8. The van der Waals surface area contributed by atoms with Crippen molar-refractivity contribution in [2.45, 2.75) is 24.4 Å². The normalized spacial score (nSPS) is 23.4. The minimum absolute atomic E-state index is 0.511. The second-order valence-electron chi connectivity index (χ2n) is 6.38. The number of nitriles is 1. The van der Waals surface area contributed by atoms with Crippen molar-refractivity contribution in [2.24, 2.45) is 0 Å². The van der Waals surface area contributed by atoms with E-state index in [4.69, 9.17) is 0 Å². The fourth-order valence-corrected chi connectivity index (χ4v) is 2.99. The number of benzene rings is 1. The number of nitrogens with one attached hydrogen (secondary N) is 1. The van der Waals surface area contributed by atoms with Gasteiger partial charge in [-0.15, -0.1) is 0 Å². The molecule has 1 aliphatic carbocycles. The van der Waals surface area contributed by atoms with Gasteiger partial charge in [-0.2, -0.15) is 5.26 Å². The Morgan fingerprint density at radius 3 is 2.43 bits per heavy atom. The summed E-state index contributed by atoms with van der Waals surface area (Å²) >= 11 is 0. The molecule has 1 unspecified atom stereocenters. The van der Waals surface area contributed by atoms with E-state index in [0.717, 1.165) is 38.3 Å². The Balaban J connectivity index is 1.80. The van der Waals surface area contributed by atoms with Crippen molar-refractivity contribution in [3.63, 3.8) is 0 Å². The summed E-state index contributed by atoms with van der Waals surface area (Å²) in [6.45, 7) is 5.02. The van der Waals surface area contributed by atoms with Crippen molar-refractivity contribution in [2.75, 3.05) is 39.8 Å². The summed E-state index contributed by atoms with van der Waals surface area (Å²) in [6, 6.07) is 13.3. The van der Waals surface area contributed by atoms with Gasteiger partial charge < -0.3 is 4.90 Å². The zero-order valence-corrected chi connectivity index (χ0v) is 12.8. The largest absolute Gasteiger partial charge is 0.304 e. The molecule has 1 aromatic rings. The summed E-state index contributed by atoms with van der Waals surface area (Å²) in [4.78, 5) is 4.77. The number of nitrogens with zero attached hydrogens (tertiary/aromatic N) is 3. The average molecular weight is 284 g/mol. The second kappa shape index (κ2) is 6.15. The Morgan fingerprint density at radius 1 is 1.19 bits per heavy atom. The smallest absolute Gasteiger partial charge is 0.145 e. The molecular formula is C17H24N4. The van der Waals surface area contributed by atoms with Crippen LogP contribution in [-0.2, 0) is 5.54 Å². The first kappa shape index (κ1) is 14.5. The molecule has 4 nitrogen and oxygen atoms in total. The predicted molar refractivity (Wildman–Crippen MR) is 83.8 cm³/mol. The van der Waals surface area contributed by atoms with Gasteiger partial charge in [0.15, 0.2) is 0 Å². The van der Waals surface area contributed by atoms with E-state index >= 15 is 0 Å². The molecule has 1 saturated carbocycles. The second-order valence-corrected chi connectivity index (χ2v) is 6.38. The maximum Gasteiger partial charge on any atom is 0.145 e. The third-order valence-corrected chi connectivity index (χ3v) is 4.54. The van der Waals surface area contributed by atoms with Crippen molar-refractivity contribution in [3.05, 3.63) is 35.9 Å². The maximum absolute atomic E-state index is 9.94. The number of likely N-dealkylation sites (N-methyl/N-ethyl adjacent to an activating group) is 1. The van der Waals surface area contributed by atoms with E-state index in [1.807, 2.05) is 18.2 Å². The molecule has 0 amide bonds. The minimum Gasteiger partial charge on any atom is -0.304 e. The SMILES string of the molecule is CN1CCN(CC(C#N)(NC2CC2)c2ccccc2)CC1. The lowest BCUT2D eigenvalue weighted by atomic mass is 9.90. The third kappa shape index (κ3) is 3.44. The van der Waals surface area contributed by atoms with Gasteiger partial charge in [0.05, 0.1) is 6.07 Å². The van der Waals surface area contributed by atoms with E-state index in [0.29, 0.717) is 6.04 Å². The van der Waals surface area contributed by atoms with Gasteiger partial charge in [0.1, 0.15) is 5.54 Å². The lowest BCUT2D eigenvalue weighted by molar-refractivity contribution is 0.128. The van der Waals surface area contributed by atoms with E-state index in [1.165, 1.54) is 12.8 Å². The third-order valence-electron chi connectivity index (χ3n) is 4.54. The number of hydrogen-bond donors (Lipinski definition) is 1. The highest BCUT2D eigenvalue weighted by molar-refractivity contribution is 5.33. The average Bonchev–Trinajstić information content (AvgIpc) is 3.33. The quantitative estimate of drug-likeness (QED) is 0.887. The van der Waals surface area contributed by atoms with E-state index < -0.39 is 5.54 Å². The van der Waals surface area contributed by atoms with Crippen LogP contribution in [0.15, 0.2) is 30.3 Å². The van der Waals surface area contributed by atoms with E-state index in [1.54, 1.807) is 0 Å². The van der Waals surface area contributed by atoms with E-state index in [-0.39, 0.29) is 0 Å². The van der Waals surface area contributed by atoms with E-state index in [2.05, 4.69) is 40.4 Å². The van der Waals surface area contributed by atoms with Crippen LogP contribution in [0, 0.1) is 11.3 Å². The molecule has 1 heterocycles. The van der Waals surface area contributed by atoms with Crippen LogP contribution in [-0.4, -0.2) is 55.6 Å². The molecule has 1 N–H and O–H groups in total. The fourth-order valence-electron chi connectivity index (χ4n) is 2.99. The lowest BCUT2D eigenvalue weighted by Crippen LogP contribution is -2.55. The van der Waals surface area contributed by atoms with Gasteiger partial charge in [-0.05, 0) is 25.5 Å². The molecule has 112 valence electrons. The fraction of sp³-hybridized carbons (Fsp3) is 0.588. The Hall–Kier alpha value is -1.41. The molecule has 2 aliphatic rings. The van der Waals surface area contributed by atoms with Crippen molar-refractivity contribution < 1.29 is 0 Å². The van der Waals surface area contributed by atoms with Crippen LogP contribution in [0.1, 0.15) is 18.4 Å². The van der Waals surface area contributed by atoms with Crippen LogP contribution in [0.25, 0.3) is 0 Å². The van der Waals surface area contributed by atoms with Gasteiger partial charge in [-0.3, -0.25) is 10.2 Å². The summed E-state index contributed by atoms with van der Waals surface area (Å²) in [5.74, 6) is 0. The van der Waals surface area contributed by atoms with Gasteiger partial charge in [0, 0.05) is 38.8 Å². The van der Waals surface area contributed by atoms with Crippen molar-refractivity contribution in [1.82, 2.24) is 15.1 Å². The monoisotopic (exact) mass is 284 g/mol. The Labute approximate surface area is 127 Å². The Morgan fingerprint density at radius 2 is 1.86 bits per heavy atom. The highest BCUT2D eigenvalue weighted by Crippen LogP contribution is 2.29. The minimum atomic E-state index is -0.571. The molecule has 21 heavy (non-hydrogen) atoms. The predicted octanol–water partition coefficient (Wildman–Crippen LogP) is 1.40. The Kier molecular flexibility index (Phi) is 4.25. The number of hydrogen-bond acceptors (Lipinski definition) is 4. The van der Waals surface area contributed by atoms with Crippen molar-refractivity contribution >= 4 is 0 Å². The van der Waals surface area contributed by atoms with Crippen LogP contribution < -0.4 is 5.32 Å². The van der Waals surface area contributed by atoms with Crippen molar-refractivity contribution in [3.8, 4) is 6.07 Å². The molecule has 0 spiro atoms. The van der Waals surface area contributed by atoms with Crippen LogP contribution >= 0.6 is 0 Å². The summed E-state index contributed by atoms with van der Waals surface area (Å²) < 4.78 is 0. The van der Waals surface area contributed by atoms with Gasteiger partial charge in [-0.25, -0.2) is 0 Å². The van der Waals surface area contributed by atoms with Crippen molar-refractivity contribution in [1.29, 1.82) is 5.26 Å². The molecule has 2 fully saturated rings. The zero-order chi connectivity index (χ0) is 14.7. The first-order valence-electron chi connectivity index (χ1n) is 7.87. The topological polar surface area (TPSA) is 42.3 Å². The summed E-state index contributed by atoms with van der Waals surface area (Å²) in [6.07, 6.45) is 2.39. The first-order chi connectivity index (χ1) is 10.2. The molecule has 0 bridgehead atoms. The highest BCUT2D eigenvalue weighted by Gasteiger charge is 2.39. The van der Waals surface area contributed by atoms with Crippen LogP contribution in [0.5, 0.6) is 0 Å². The molecule has 1 aliphatic heterocycles. The van der Waals surface area contributed by atoms with Crippen LogP contribution in [0.2, 0.25) is 0 Å². The summed E-state index contributed by atoms with van der Waals surface area (Å²) in [7, 11) is 2.16. The van der Waals surface area contributed by atoms with Crippen LogP contribution in [0.4, 0.5) is 0 Å². The maximum atomic E-state index is 9.94. The molecule has 4 heteroatoms. The molecule has 1 saturated heterocycles. The van der Waals surface area contributed by atoms with E-state index in [9.17, 15) is 5.26 Å². The Bertz CT molecular complexity index is 497. The van der Waals surface area contributed by atoms with Gasteiger partial charge >= 0.3 is 0 Å².